The van der Waals surface area contributed by atoms with Crippen molar-refractivity contribution in [1.82, 2.24) is 0 Å². The molecule has 0 saturated carbocycles. The summed E-state index contributed by atoms with van der Waals surface area (Å²) in [7, 11) is 5.54. The quantitative estimate of drug-likeness (QED) is 0.0283. The fourth-order valence-electron chi connectivity index (χ4n) is 7.38. The van der Waals surface area contributed by atoms with E-state index in [9.17, 15) is 19.5 Å². The Bertz CT molecular complexity index is 947. The highest BCUT2D eigenvalue weighted by Crippen LogP contribution is 2.16. The zero-order valence-electron chi connectivity index (χ0n) is 38.3. The average Bonchev–Trinajstić information content (AvgIpc) is 3.17. The molecule has 0 aromatic heterocycles. The Balaban J connectivity index is 4.27. The van der Waals surface area contributed by atoms with Crippen LogP contribution in [-0.2, 0) is 28.6 Å². The first-order valence-corrected chi connectivity index (χ1v) is 24.2. The molecule has 0 rings (SSSR count). The number of quaternary nitrogens is 1. The van der Waals surface area contributed by atoms with Gasteiger partial charge < -0.3 is 23.8 Å². The van der Waals surface area contributed by atoms with E-state index in [2.05, 4.69) is 26.0 Å². The van der Waals surface area contributed by atoms with Crippen molar-refractivity contribution in [2.45, 2.75) is 244 Å². The summed E-state index contributed by atoms with van der Waals surface area (Å²) in [4.78, 5) is 37.1. The van der Waals surface area contributed by atoms with Crippen molar-refractivity contribution in [2.75, 3.05) is 41.0 Å². The number of aliphatic carboxylic acids is 1. The summed E-state index contributed by atoms with van der Waals surface area (Å²) in [5.41, 5.74) is 0. The lowest BCUT2D eigenvalue weighted by Gasteiger charge is -2.31. The molecule has 1 N–H and O–H groups in total. The van der Waals surface area contributed by atoms with Gasteiger partial charge in [0.25, 0.3) is 0 Å². The number of carboxylic acids is 1. The molecule has 0 aliphatic heterocycles. The molecule has 0 bridgehead atoms. The van der Waals surface area contributed by atoms with Gasteiger partial charge in [0, 0.05) is 19.3 Å². The summed E-state index contributed by atoms with van der Waals surface area (Å²) in [6.07, 6.45) is 43.9. The van der Waals surface area contributed by atoms with Crippen molar-refractivity contribution in [2.24, 2.45) is 0 Å². The van der Waals surface area contributed by atoms with Gasteiger partial charge in [-0.2, -0.15) is 0 Å². The number of esters is 2. The van der Waals surface area contributed by atoms with Gasteiger partial charge in [0.2, 0.25) is 0 Å². The van der Waals surface area contributed by atoms with Crippen molar-refractivity contribution in [1.29, 1.82) is 0 Å². The van der Waals surface area contributed by atoms with Crippen LogP contribution in [0.2, 0.25) is 0 Å². The van der Waals surface area contributed by atoms with Gasteiger partial charge in [0.1, 0.15) is 6.61 Å². The molecule has 0 fully saturated rings. The summed E-state index contributed by atoms with van der Waals surface area (Å²) < 4.78 is 17.3. The normalized spacial score (nSPS) is 12.9. The van der Waals surface area contributed by atoms with Gasteiger partial charge in [0.05, 0.1) is 34.4 Å². The van der Waals surface area contributed by atoms with Crippen LogP contribution < -0.4 is 0 Å². The second-order valence-corrected chi connectivity index (χ2v) is 17.7. The van der Waals surface area contributed by atoms with E-state index >= 15 is 0 Å². The second kappa shape index (κ2) is 40.8. The number of unbranched alkanes of at least 4 members (excludes halogenated alkanes) is 28. The molecule has 0 aliphatic carbocycles. The van der Waals surface area contributed by atoms with Gasteiger partial charge in [-0.05, 0) is 38.5 Å². The first kappa shape index (κ1) is 55.1. The number of carbonyl (C=O) groups excluding carboxylic acids is 2. The number of hydrogen-bond donors (Lipinski definition) is 1. The van der Waals surface area contributed by atoms with Gasteiger partial charge in [0.15, 0.2) is 12.1 Å². The summed E-state index contributed by atoms with van der Waals surface area (Å²) >= 11 is 0. The molecule has 0 saturated heterocycles. The van der Waals surface area contributed by atoms with E-state index in [0.29, 0.717) is 19.3 Å². The van der Waals surface area contributed by atoms with E-state index in [-0.39, 0.29) is 36.2 Å². The molecule has 2 unspecified atom stereocenters. The van der Waals surface area contributed by atoms with Gasteiger partial charge in [-0.25, -0.2) is 4.79 Å². The van der Waals surface area contributed by atoms with Crippen LogP contribution in [-0.4, -0.2) is 80.6 Å². The zero-order chi connectivity index (χ0) is 42.1. The Morgan fingerprint density at radius 2 is 0.877 bits per heavy atom. The first-order chi connectivity index (χ1) is 27.6. The van der Waals surface area contributed by atoms with Gasteiger partial charge in [-0.1, -0.05) is 187 Å². The topological polar surface area (TPSA) is 99.1 Å². The zero-order valence-corrected chi connectivity index (χ0v) is 38.3. The summed E-state index contributed by atoms with van der Waals surface area (Å²) in [5.74, 6) is -1.46. The average molecular weight is 809 g/mol. The number of nitrogens with zero attached hydrogens (tertiary/aromatic N) is 1. The SMILES string of the molecule is CCCCCCCCC/C=C\CCCCCCCC(=O)OC(COCCC(C(=O)O)[N+](C)(C)C)COC(=O)CCCCCCCCCCCCCCCCCCC. The molecule has 0 amide bonds. The Morgan fingerprint density at radius 3 is 1.26 bits per heavy atom. The van der Waals surface area contributed by atoms with Crippen LogP contribution in [0.1, 0.15) is 232 Å². The Morgan fingerprint density at radius 1 is 0.509 bits per heavy atom. The lowest BCUT2D eigenvalue weighted by molar-refractivity contribution is -0.887. The van der Waals surface area contributed by atoms with Gasteiger partial charge >= 0.3 is 17.9 Å². The minimum absolute atomic E-state index is 0.0479. The first-order valence-electron chi connectivity index (χ1n) is 24.2. The third-order valence-electron chi connectivity index (χ3n) is 11.2. The Labute approximate surface area is 352 Å². The number of carboxylic acid groups (broad SMARTS) is 1. The summed E-state index contributed by atoms with van der Waals surface area (Å²) in [6, 6.07) is -0.612. The predicted octanol–water partition coefficient (Wildman–Crippen LogP) is 13.5. The summed E-state index contributed by atoms with van der Waals surface area (Å²) in [5, 5.41) is 9.63. The van der Waals surface area contributed by atoms with Crippen molar-refractivity contribution in [3.05, 3.63) is 12.2 Å². The van der Waals surface area contributed by atoms with Crippen LogP contribution >= 0.6 is 0 Å². The van der Waals surface area contributed by atoms with Crippen molar-refractivity contribution in [3.8, 4) is 0 Å². The number of carbonyl (C=O) groups is 3. The van der Waals surface area contributed by atoms with Crippen molar-refractivity contribution in [3.63, 3.8) is 0 Å². The van der Waals surface area contributed by atoms with Gasteiger partial charge in [-0.3, -0.25) is 9.59 Å². The number of ether oxygens (including phenoxy) is 3. The smallest absolute Gasteiger partial charge is 0.362 e. The maximum absolute atomic E-state index is 12.7. The van der Waals surface area contributed by atoms with Crippen LogP contribution in [0.15, 0.2) is 12.2 Å². The van der Waals surface area contributed by atoms with Crippen LogP contribution in [0.3, 0.4) is 0 Å². The molecule has 57 heavy (non-hydrogen) atoms. The van der Waals surface area contributed by atoms with E-state index in [4.69, 9.17) is 14.2 Å². The van der Waals surface area contributed by atoms with Crippen molar-refractivity contribution < 1.29 is 38.2 Å². The monoisotopic (exact) mass is 809 g/mol. The highest BCUT2D eigenvalue weighted by Gasteiger charge is 2.31. The highest BCUT2D eigenvalue weighted by molar-refractivity contribution is 5.72. The number of rotatable bonds is 44. The molecule has 0 aliphatic rings. The van der Waals surface area contributed by atoms with Crippen LogP contribution in [0.5, 0.6) is 0 Å². The Kier molecular flexibility index (Phi) is 39.4. The third kappa shape index (κ3) is 39.3. The minimum atomic E-state index is -0.873. The number of allylic oxidation sites excluding steroid dienone is 2. The highest BCUT2D eigenvalue weighted by atomic mass is 16.6. The third-order valence-corrected chi connectivity index (χ3v) is 11.2. The number of hydrogen-bond acceptors (Lipinski definition) is 6. The van der Waals surface area contributed by atoms with E-state index in [1.807, 2.05) is 21.1 Å². The lowest BCUT2D eigenvalue weighted by Crippen LogP contribution is -2.50. The fraction of sp³-hybridized carbons (Fsp3) is 0.898. The van der Waals surface area contributed by atoms with E-state index < -0.39 is 18.1 Å². The van der Waals surface area contributed by atoms with E-state index in [0.717, 1.165) is 51.4 Å². The molecule has 0 heterocycles. The van der Waals surface area contributed by atoms with Crippen LogP contribution in [0, 0.1) is 0 Å². The predicted molar refractivity (Wildman–Crippen MR) is 239 cm³/mol. The number of likely N-dealkylation sites (N-methyl/N-ethyl adjacent to an activating group) is 1. The molecule has 8 nitrogen and oxygen atoms in total. The Hall–Kier alpha value is -1.93. The van der Waals surface area contributed by atoms with Crippen molar-refractivity contribution >= 4 is 17.9 Å². The fourth-order valence-corrected chi connectivity index (χ4v) is 7.38. The van der Waals surface area contributed by atoms with Crippen LogP contribution in [0.4, 0.5) is 0 Å². The van der Waals surface area contributed by atoms with Gasteiger partial charge in [-0.15, -0.1) is 0 Å². The molecule has 0 radical (unpaired) electrons. The second-order valence-electron chi connectivity index (χ2n) is 17.7. The standard InChI is InChI=1S/C49H93NO7/c1-6-8-10-12-14-16-18-20-22-24-26-27-29-31-33-35-37-39-47(51)56-44-45(43-55-42-41-46(49(53)54)50(3,4)5)57-48(52)40-38-36-34-32-30-28-25-23-21-19-17-15-13-11-9-7-2/h23,25,45-46H,6-22,24,26-44H2,1-5H3/p+1/b25-23-. The minimum Gasteiger partial charge on any atom is -0.477 e. The summed E-state index contributed by atoms with van der Waals surface area (Å²) in [6.45, 7) is 4.76. The molecular formula is C49H94NO7+. The lowest BCUT2D eigenvalue weighted by atomic mass is 10.0. The molecule has 0 aromatic carbocycles. The largest absolute Gasteiger partial charge is 0.477 e. The van der Waals surface area contributed by atoms with Crippen LogP contribution in [0.25, 0.3) is 0 Å². The maximum atomic E-state index is 12.7. The maximum Gasteiger partial charge on any atom is 0.362 e. The van der Waals surface area contributed by atoms with E-state index in [1.54, 1.807) is 0 Å². The molecule has 0 spiro atoms. The van der Waals surface area contributed by atoms with E-state index in [1.165, 1.54) is 148 Å². The molecular weight excluding hydrogens is 715 g/mol. The molecule has 336 valence electrons. The molecule has 2 atom stereocenters. The molecule has 0 aromatic rings. The molecule has 8 heteroatoms.